The molecule has 7 aromatic rings. The van der Waals surface area contributed by atoms with Crippen molar-refractivity contribution in [2.45, 2.75) is 39.3 Å². The van der Waals surface area contributed by atoms with E-state index in [0.29, 0.717) is 0 Å². The van der Waals surface area contributed by atoms with E-state index in [1.807, 2.05) is 0 Å². The van der Waals surface area contributed by atoms with E-state index >= 15 is 0 Å². The van der Waals surface area contributed by atoms with Crippen LogP contribution in [0.4, 0.5) is 0 Å². The predicted molar refractivity (Wildman–Crippen MR) is 186 cm³/mol. The second-order valence-corrected chi connectivity index (χ2v) is 24.4. The van der Waals surface area contributed by atoms with Gasteiger partial charge in [0.1, 0.15) is 0 Å². The van der Waals surface area contributed by atoms with Crippen LogP contribution in [-0.2, 0) is 0 Å². The second-order valence-electron chi connectivity index (χ2n) is 14.3. The molecule has 0 saturated carbocycles. The van der Waals surface area contributed by atoms with Gasteiger partial charge in [0.15, 0.2) is 0 Å². The highest BCUT2D eigenvalue weighted by Crippen LogP contribution is 2.41. The Kier molecular flexibility index (Phi) is 4.38. The van der Waals surface area contributed by atoms with Crippen LogP contribution in [0.2, 0.25) is 39.3 Å². The molecule has 2 aliphatic rings. The number of rotatable bonds is 2. The molecule has 0 saturated heterocycles. The number of aromatic nitrogens is 2. The number of para-hydroxylation sites is 2. The lowest BCUT2D eigenvalue weighted by molar-refractivity contribution is 1.17. The van der Waals surface area contributed by atoms with Crippen molar-refractivity contribution in [3.8, 4) is 11.4 Å². The molecule has 0 bridgehead atoms. The molecule has 2 aliphatic heterocycles. The van der Waals surface area contributed by atoms with Gasteiger partial charge in [0.2, 0.25) is 0 Å². The lowest BCUT2D eigenvalue weighted by Gasteiger charge is -2.32. The molecule has 0 aliphatic carbocycles. The van der Waals surface area contributed by atoms with Gasteiger partial charge in [0.05, 0.1) is 38.2 Å². The maximum absolute atomic E-state index is 2.59. The third kappa shape index (κ3) is 2.93. The minimum atomic E-state index is -1.49. The van der Waals surface area contributed by atoms with E-state index in [1.165, 1.54) is 81.7 Å². The van der Waals surface area contributed by atoms with E-state index < -0.39 is 16.1 Å². The fourth-order valence-electron chi connectivity index (χ4n) is 7.77. The lowest BCUT2D eigenvalue weighted by atomic mass is 9.34. The van der Waals surface area contributed by atoms with E-state index in [1.54, 1.807) is 0 Å². The fraction of sp³-hybridized carbons (Fsp3) is 0.167. The quantitative estimate of drug-likeness (QED) is 0.226. The molecule has 0 amide bonds. The van der Waals surface area contributed by atoms with Gasteiger partial charge in [-0.05, 0) is 46.7 Å². The molecule has 198 valence electrons. The first-order valence-corrected chi connectivity index (χ1v) is 21.9. The van der Waals surface area contributed by atoms with Gasteiger partial charge in [-0.2, -0.15) is 0 Å². The summed E-state index contributed by atoms with van der Waals surface area (Å²) < 4.78 is 5.17. The Balaban J connectivity index is 1.58. The number of hydrogen-bond donors (Lipinski definition) is 0. The Hall–Kier alpha value is -3.80. The van der Waals surface area contributed by atoms with Crippen molar-refractivity contribution in [3.63, 3.8) is 0 Å². The van der Waals surface area contributed by atoms with E-state index in [9.17, 15) is 0 Å². The first-order chi connectivity index (χ1) is 19.6. The summed E-state index contributed by atoms with van der Waals surface area (Å²) in [7, 11) is -2.98. The molecule has 9 rings (SSSR count). The average molecular weight is 561 g/mol. The van der Waals surface area contributed by atoms with Crippen molar-refractivity contribution < 1.29 is 0 Å². The molecule has 0 unspecified atom stereocenters. The molecule has 5 aromatic carbocycles. The van der Waals surface area contributed by atoms with Crippen LogP contribution in [0.25, 0.3) is 55.0 Å². The van der Waals surface area contributed by atoms with E-state index in [0.717, 1.165) is 0 Å². The molecule has 0 fully saturated rings. The zero-order chi connectivity index (χ0) is 28.0. The number of fused-ring (bicyclic) bond motifs is 12. The molecule has 0 atom stereocenters. The largest absolute Gasteiger partial charge is 0.310 e. The van der Waals surface area contributed by atoms with Gasteiger partial charge in [0, 0.05) is 32.9 Å². The Bertz CT molecular complexity index is 2130. The third-order valence-electron chi connectivity index (χ3n) is 9.81. The summed E-state index contributed by atoms with van der Waals surface area (Å²) >= 11 is 0. The summed E-state index contributed by atoms with van der Waals surface area (Å²) in [6.45, 7) is 15.0. The molecule has 0 radical (unpaired) electrons. The van der Waals surface area contributed by atoms with Gasteiger partial charge in [-0.3, -0.25) is 0 Å². The Labute approximate surface area is 243 Å². The molecular formula is C36H33BN2Si2. The number of hydrogen-bond acceptors (Lipinski definition) is 0. The first-order valence-electron chi connectivity index (χ1n) is 14.9. The molecule has 4 heterocycles. The van der Waals surface area contributed by atoms with Crippen molar-refractivity contribution in [3.05, 3.63) is 91.0 Å². The zero-order valence-electron chi connectivity index (χ0n) is 24.6. The van der Waals surface area contributed by atoms with Crippen molar-refractivity contribution >= 4 is 93.2 Å². The predicted octanol–water partition coefficient (Wildman–Crippen LogP) is 6.11. The minimum absolute atomic E-state index is 0.218. The molecule has 0 spiro atoms. The Morgan fingerprint density at radius 2 is 0.927 bits per heavy atom. The molecule has 5 heteroatoms. The van der Waals surface area contributed by atoms with Crippen LogP contribution in [0.1, 0.15) is 0 Å². The Morgan fingerprint density at radius 3 is 1.37 bits per heavy atom. The van der Waals surface area contributed by atoms with Crippen LogP contribution < -0.4 is 26.8 Å². The lowest BCUT2D eigenvalue weighted by Crippen LogP contribution is -2.59. The smallest absolute Gasteiger partial charge is 0.252 e. The summed E-state index contributed by atoms with van der Waals surface area (Å²) in [6, 6.07) is 35.5. The Morgan fingerprint density at radius 1 is 0.488 bits per heavy atom. The standard InChI is InChI=1S/C36H33BN2Si2/c1-40(2,3)22-15-17-30-24(19-22)26-21-27-25-20-23(41(4,5)6)16-18-31(25)39-33-14-10-8-12-29(33)37-28-11-7-9-13-32(28)38(30)35(26)34(37)36(27)39/h7-21H,1-6H3. The van der Waals surface area contributed by atoms with Crippen LogP contribution in [0.3, 0.4) is 0 Å². The van der Waals surface area contributed by atoms with Crippen molar-refractivity contribution in [2.24, 2.45) is 0 Å². The molecule has 2 nitrogen and oxygen atoms in total. The monoisotopic (exact) mass is 560 g/mol. The van der Waals surface area contributed by atoms with Gasteiger partial charge < -0.3 is 9.13 Å². The van der Waals surface area contributed by atoms with Gasteiger partial charge in [-0.25, -0.2) is 0 Å². The summed E-state index contributed by atoms with van der Waals surface area (Å²) in [5, 5.41) is 8.65. The molecule has 0 N–H and O–H groups in total. The van der Waals surface area contributed by atoms with Crippen LogP contribution in [0.5, 0.6) is 0 Å². The normalized spacial score (nSPS) is 14.0. The maximum Gasteiger partial charge on any atom is 0.252 e. The average Bonchev–Trinajstić information content (AvgIpc) is 3.46. The third-order valence-corrected chi connectivity index (χ3v) is 13.9. The fourth-order valence-corrected chi connectivity index (χ4v) is 10.1. The maximum atomic E-state index is 2.59. The first kappa shape index (κ1) is 23.9. The SMILES string of the molecule is C[Si](C)(C)c1ccc2c(c1)c1cc3c4cc([Si](C)(C)C)ccc4n4c3c3c1n2-c1ccccc1B3c1ccccc1-4. The van der Waals surface area contributed by atoms with Gasteiger partial charge in [0.25, 0.3) is 6.71 Å². The van der Waals surface area contributed by atoms with Crippen LogP contribution in [-0.4, -0.2) is 32.0 Å². The molecule has 2 aromatic heterocycles. The highest BCUT2D eigenvalue weighted by atomic mass is 28.3. The molecular weight excluding hydrogens is 527 g/mol. The number of benzene rings is 5. The van der Waals surface area contributed by atoms with Gasteiger partial charge in [-0.15, -0.1) is 0 Å². The minimum Gasteiger partial charge on any atom is -0.310 e. The summed E-state index contributed by atoms with van der Waals surface area (Å²) in [4.78, 5) is 0. The number of nitrogens with zero attached hydrogens (tertiary/aromatic N) is 2. The summed E-state index contributed by atoms with van der Waals surface area (Å²) in [5.41, 5.74) is 12.4. The highest BCUT2D eigenvalue weighted by molar-refractivity contribution is 7.00. The van der Waals surface area contributed by atoms with Crippen molar-refractivity contribution in [1.29, 1.82) is 0 Å². The van der Waals surface area contributed by atoms with E-state index in [-0.39, 0.29) is 6.71 Å². The van der Waals surface area contributed by atoms with E-state index in [2.05, 4.69) is 139 Å². The second kappa shape index (κ2) is 7.53. The van der Waals surface area contributed by atoms with Crippen LogP contribution >= 0.6 is 0 Å². The summed E-state index contributed by atoms with van der Waals surface area (Å²) in [5.74, 6) is 0. The topological polar surface area (TPSA) is 9.86 Å². The van der Waals surface area contributed by atoms with Crippen molar-refractivity contribution in [1.82, 2.24) is 9.13 Å². The van der Waals surface area contributed by atoms with Crippen molar-refractivity contribution in [2.75, 3.05) is 0 Å². The van der Waals surface area contributed by atoms with Gasteiger partial charge in [-0.1, -0.05) is 110 Å². The highest BCUT2D eigenvalue weighted by Gasteiger charge is 2.41. The van der Waals surface area contributed by atoms with E-state index in [4.69, 9.17) is 0 Å². The molecule has 41 heavy (non-hydrogen) atoms. The zero-order valence-corrected chi connectivity index (χ0v) is 26.6. The van der Waals surface area contributed by atoms with Gasteiger partial charge >= 0.3 is 0 Å². The van der Waals surface area contributed by atoms with Crippen LogP contribution in [0.15, 0.2) is 91.0 Å². The summed E-state index contributed by atoms with van der Waals surface area (Å²) in [6.07, 6.45) is 0. The van der Waals surface area contributed by atoms with Crippen LogP contribution in [0, 0.1) is 0 Å².